The first-order valence-electron chi connectivity index (χ1n) is 43.1. The van der Waals surface area contributed by atoms with E-state index in [0.717, 1.165) is 11.8 Å². The first-order valence-corrected chi connectivity index (χ1v) is 43.1. The van der Waals surface area contributed by atoms with E-state index < -0.39 is 0 Å². The van der Waals surface area contributed by atoms with Gasteiger partial charge in [-0.15, -0.1) is 0 Å². The van der Waals surface area contributed by atoms with Crippen LogP contribution >= 0.6 is 0 Å². The molecule has 16 atom stereocenters. The normalized spacial score (nSPS) is 32.1. The third kappa shape index (κ3) is 11.2. The Morgan fingerprint density at radius 3 is 0.736 bits per heavy atom. The highest BCUT2D eigenvalue weighted by atomic mass is 15.0. The zero-order chi connectivity index (χ0) is 74.4. The summed E-state index contributed by atoms with van der Waals surface area (Å²) in [6, 6.07) is 15.9. The number of aryl methyl sites for hydroxylation is 4. The van der Waals surface area contributed by atoms with E-state index >= 15 is 0 Å². The molecule has 17 rings (SSSR count). The molecule has 8 nitrogen and oxygen atoms in total. The number of fused-ring (bicyclic) bond motifs is 18. The summed E-state index contributed by atoms with van der Waals surface area (Å²) >= 11 is 0. The van der Waals surface area contributed by atoms with Gasteiger partial charge in [-0.2, -0.15) is 18.3 Å². The summed E-state index contributed by atoms with van der Waals surface area (Å²) in [5, 5.41) is 5.46. The highest BCUT2D eigenvalue weighted by molar-refractivity contribution is 6.28. The number of nitrogens with zero attached hydrogens (tertiary/aromatic N) is 8. The number of benzene rings is 1. The van der Waals surface area contributed by atoms with Crippen molar-refractivity contribution in [3.05, 3.63) is 115 Å². The standard InChI is InChI=1S/C98H132N8/c1-53-23-27-67(28-24-53)89-71-31-37-77(99(71)15)93(85-59(7)43-55(3)44-60(85)8)79-41-35-75(103(79)19)92-70-52-84-96(88-65(13)49-58(6)50-66(88)14)82-40-34-74(102(82)18)90(68-29-25-54(2)26-30-68)72-32-38-78(100(72)16)94(86-61(9)45-56(4)46-62(86)10)80-42-36-76(104(80)20)91(98(70)106(84)22)69-51-83(105(21)97(69)92)95(81-39-33-73(89)101(81)17)87-63(11)47-57(5)48-64(87)12/h31-42,51-68,85-88H,23-30,43-50H2,1-22H3/q+4/t53?,54?,55?,56?,57?,58?,59-,60?,61+,62?,63+,64?,65-,66?,67?,68?,85?,86?,87?,88?. The molecule has 16 bridgehead atoms. The Hall–Kier alpha value is -6.80. The van der Waals surface area contributed by atoms with Crippen molar-refractivity contribution in [1.29, 1.82) is 0 Å². The first-order chi connectivity index (χ1) is 50.7. The Kier molecular flexibility index (Phi) is 18.4. The zero-order valence-corrected chi connectivity index (χ0v) is 69.5. The van der Waals surface area contributed by atoms with E-state index in [0.29, 0.717) is 107 Å². The van der Waals surface area contributed by atoms with E-state index in [1.807, 2.05) is 0 Å². The smallest absolute Gasteiger partial charge is 0.215 e. The van der Waals surface area contributed by atoms with Crippen LogP contribution < -0.4 is 18.3 Å². The number of hydrogen-bond acceptors (Lipinski definition) is 0. The van der Waals surface area contributed by atoms with Crippen molar-refractivity contribution >= 4 is 114 Å². The molecule has 0 amide bonds. The van der Waals surface area contributed by atoms with Gasteiger partial charge in [-0.25, -0.2) is 0 Å². The largest absolute Gasteiger partial charge is 0.344 e. The van der Waals surface area contributed by atoms with Crippen LogP contribution in [0.4, 0.5) is 0 Å². The maximum atomic E-state index is 2.79. The molecular formula is C98H132N8+4. The van der Waals surface area contributed by atoms with Gasteiger partial charge in [0.1, 0.15) is 28.2 Å². The van der Waals surface area contributed by atoms with Crippen LogP contribution in [0.1, 0.15) is 314 Å². The zero-order valence-electron chi connectivity index (χ0n) is 69.5. The molecule has 8 heteroatoms. The fourth-order valence-corrected chi connectivity index (χ4v) is 27.0. The summed E-state index contributed by atoms with van der Waals surface area (Å²) in [4.78, 5) is 0. The first kappa shape index (κ1) is 72.1. The fourth-order valence-electron chi connectivity index (χ4n) is 27.0. The number of rotatable bonds is 6. The van der Waals surface area contributed by atoms with Gasteiger partial charge in [-0.1, -0.05) is 123 Å². The molecule has 6 fully saturated rings. The summed E-state index contributed by atoms with van der Waals surface area (Å²) in [7, 11) is 19.9. The topological polar surface area (TPSA) is 35.2 Å². The summed E-state index contributed by atoms with van der Waals surface area (Å²) < 4.78 is 21.9. The number of hydrogen-bond donors (Lipinski definition) is 0. The maximum Gasteiger partial charge on any atom is 0.215 e. The van der Waals surface area contributed by atoms with Gasteiger partial charge < -0.3 is 18.3 Å². The van der Waals surface area contributed by atoms with Gasteiger partial charge in [-0.3, -0.25) is 0 Å². The van der Waals surface area contributed by atoms with Crippen molar-refractivity contribution in [3.63, 3.8) is 0 Å². The van der Waals surface area contributed by atoms with Gasteiger partial charge >= 0.3 is 0 Å². The minimum atomic E-state index is 0.345. The molecule has 4 aliphatic heterocycles. The van der Waals surface area contributed by atoms with E-state index in [-0.39, 0.29) is 0 Å². The molecule has 10 heterocycles. The molecule has 0 N–H and O–H groups in total. The van der Waals surface area contributed by atoms with Gasteiger partial charge in [0.05, 0.1) is 88.3 Å². The van der Waals surface area contributed by atoms with Crippen LogP contribution in [0.3, 0.4) is 0 Å². The summed E-state index contributed by atoms with van der Waals surface area (Å²) in [6.45, 7) is 36.1. The van der Waals surface area contributed by atoms with Crippen molar-refractivity contribution in [2.75, 3.05) is 0 Å². The van der Waals surface area contributed by atoms with E-state index in [9.17, 15) is 0 Å². The summed E-state index contributed by atoms with van der Waals surface area (Å²) in [6.07, 6.45) is 40.8. The molecule has 6 saturated carbocycles. The summed E-state index contributed by atoms with van der Waals surface area (Å²) in [5.74, 6) is 10.7. The monoisotopic (exact) mass is 1420 g/mol. The molecule has 10 aliphatic rings. The lowest BCUT2D eigenvalue weighted by molar-refractivity contribution is -0.673. The van der Waals surface area contributed by atoms with E-state index in [1.165, 1.54) is 236 Å². The Bertz CT molecular complexity index is 4840. The highest BCUT2D eigenvalue weighted by Crippen LogP contribution is 2.55. The molecule has 106 heavy (non-hydrogen) atoms. The molecule has 12 unspecified atom stereocenters. The second kappa shape index (κ2) is 27.0. The lowest BCUT2D eigenvalue weighted by Gasteiger charge is -2.38. The number of aromatic nitrogens is 8. The van der Waals surface area contributed by atoms with Crippen molar-refractivity contribution in [2.24, 2.45) is 139 Å². The SMILES string of the molecule is CC1CCC(c2c3[n+](C)c(c(C4C(C)CC(C)C[C@@H]4C)c4cc5c6c7[n+](C)c(c(C8C(C)CC(C)C[C@@H]8C)c8ccc(c(C9CCC(C)CC9)c9[n+](C)c(c(C%10C(C)CC(C)C[C@H]%10C)c%10cc(c(c%11[n+](C)c(c(C%12C(C)CC(C)C[C@H]%12C)c%12ccc2n%12C)C=C%11)c5n4C)c6n%10C)C=C9)n8C)C=C7)C=C3)CC1. The fraction of sp³-hybridized carbons (Fsp3) is 0.592. The molecule has 6 aliphatic carbocycles. The molecule has 0 saturated heterocycles. The molecule has 0 spiro atoms. The summed E-state index contributed by atoms with van der Waals surface area (Å²) in [5.41, 5.74) is 31.3. The molecule has 560 valence electrons. The predicted octanol–water partition coefficient (Wildman–Crippen LogP) is 22.9. The Morgan fingerprint density at radius 2 is 0.472 bits per heavy atom. The maximum absolute atomic E-state index is 2.79. The average Bonchev–Trinajstić information content (AvgIpc) is 1.53. The van der Waals surface area contributed by atoms with Crippen LogP contribution in [-0.4, -0.2) is 18.3 Å². The lowest BCUT2D eigenvalue weighted by Crippen LogP contribution is -2.37. The highest BCUT2D eigenvalue weighted by Gasteiger charge is 2.46. The predicted molar refractivity (Wildman–Crippen MR) is 448 cm³/mol. The van der Waals surface area contributed by atoms with Crippen LogP contribution in [0.5, 0.6) is 0 Å². The Balaban J connectivity index is 1.15. The minimum absolute atomic E-state index is 0.345. The van der Waals surface area contributed by atoms with Crippen molar-refractivity contribution in [3.8, 4) is 0 Å². The Morgan fingerprint density at radius 1 is 0.255 bits per heavy atom. The third-order valence-electron chi connectivity index (χ3n) is 31.3. The van der Waals surface area contributed by atoms with E-state index in [2.05, 4.69) is 275 Å². The quantitative estimate of drug-likeness (QED) is 0.149. The average molecular weight is 1420 g/mol. The van der Waals surface area contributed by atoms with Crippen molar-refractivity contribution in [1.82, 2.24) is 18.3 Å². The molecule has 0 radical (unpaired) electrons. The second-order valence-corrected chi connectivity index (χ2v) is 39.1. The van der Waals surface area contributed by atoms with Gasteiger partial charge in [0.15, 0.2) is 0 Å². The second-order valence-electron chi connectivity index (χ2n) is 39.1. The molecule has 1 aromatic carbocycles. The Labute approximate surface area is 636 Å². The minimum Gasteiger partial charge on any atom is -0.344 e. The molecule has 7 aromatic rings. The molecular weight excluding hydrogens is 1290 g/mol. The van der Waals surface area contributed by atoms with Crippen LogP contribution in [0.15, 0.2) is 36.4 Å². The van der Waals surface area contributed by atoms with Crippen molar-refractivity contribution in [2.45, 2.75) is 235 Å². The van der Waals surface area contributed by atoms with E-state index in [4.69, 9.17) is 0 Å². The van der Waals surface area contributed by atoms with Gasteiger partial charge in [0.25, 0.3) is 0 Å². The third-order valence-corrected chi connectivity index (χ3v) is 31.3. The van der Waals surface area contributed by atoms with Gasteiger partial charge in [0.2, 0.25) is 45.6 Å². The van der Waals surface area contributed by atoms with Crippen LogP contribution in [0.2, 0.25) is 0 Å². The van der Waals surface area contributed by atoms with Crippen molar-refractivity contribution < 1.29 is 18.3 Å². The van der Waals surface area contributed by atoms with Crippen LogP contribution in [-0.2, 0) is 56.4 Å². The van der Waals surface area contributed by atoms with Gasteiger partial charge in [0, 0.05) is 87.6 Å². The lowest BCUT2D eigenvalue weighted by atomic mass is 9.66. The van der Waals surface area contributed by atoms with Gasteiger partial charge in [-0.05, 0) is 232 Å². The van der Waals surface area contributed by atoms with Crippen LogP contribution in [0.25, 0.3) is 114 Å². The molecule has 6 aromatic heterocycles. The van der Waals surface area contributed by atoms with E-state index in [1.54, 1.807) is 11.1 Å². The van der Waals surface area contributed by atoms with Crippen LogP contribution in [0, 0.1) is 82.9 Å².